The van der Waals surface area contributed by atoms with Crippen molar-refractivity contribution in [3.8, 4) is 0 Å². The zero-order valence-electron chi connectivity index (χ0n) is 17.1. The summed E-state index contributed by atoms with van der Waals surface area (Å²) in [5.41, 5.74) is 2.65. The first-order chi connectivity index (χ1) is 14.5. The van der Waals surface area contributed by atoms with Crippen LogP contribution in [-0.2, 0) is 20.8 Å². The van der Waals surface area contributed by atoms with Crippen molar-refractivity contribution in [1.29, 1.82) is 0 Å². The van der Waals surface area contributed by atoms with Crippen molar-refractivity contribution in [3.63, 3.8) is 0 Å². The lowest BCUT2D eigenvalue weighted by molar-refractivity contribution is -0.147. The molecule has 1 heterocycles. The van der Waals surface area contributed by atoms with Crippen molar-refractivity contribution in [2.24, 2.45) is 23.7 Å². The number of benzene rings is 2. The van der Waals surface area contributed by atoms with Gasteiger partial charge in [0.25, 0.3) is 0 Å². The highest BCUT2D eigenvalue weighted by atomic mass is 16.2. The number of amides is 3. The zero-order valence-corrected chi connectivity index (χ0v) is 17.1. The van der Waals surface area contributed by atoms with Crippen LogP contribution in [0, 0.1) is 30.6 Å². The molecule has 0 radical (unpaired) electrons. The lowest BCUT2D eigenvalue weighted by Gasteiger charge is -2.27. The molecule has 2 saturated carbocycles. The summed E-state index contributed by atoms with van der Waals surface area (Å²) >= 11 is 0. The Bertz CT molecular complexity index is 974. The van der Waals surface area contributed by atoms with Gasteiger partial charge in [0.05, 0.1) is 11.8 Å². The van der Waals surface area contributed by atoms with Gasteiger partial charge < -0.3 is 5.32 Å². The molecule has 0 spiro atoms. The summed E-state index contributed by atoms with van der Waals surface area (Å²) in [6.45, 7) is 1.96. The number of imide groups is 1. The summed E-state index contributed by atoms with van der Waals surface area (Å²) in [6, 6.07) is 16.3. The maximum absolute atomic E-state index is 13.4. The number of likely N-dealkylation sites (tertiary alicyclic amines) is 1. The van der Waals surface area contributed by atoms with Crippen LogP contribution in [0.15, 0.2) is 54.6 Å². The first-order valence-electron chi connectivity index (χ1n) is 10.8. The number of hydrogen-bond donors (Lipinski definition) is 1. The highest BCUT2D eigenvalue weighted by molar-refractivity contribution is 6.10. The first-order valence-corrected chi connectivity index (χ1v) is 10.8. The minimum atomic E-state index is -0.835. The first kappa shape index (κ1) is 19.0. The summed E-state index contributed by atoms with van der Waals surface area (Å²) in [5, 5.41) is 2.94. The van der Waals surface area contributed by atoms with E-state index in [1.165, 1.54) is 4.90 Å². The van der Waals surface area contributed by atoms with Crippen LogP contribution >= 0.6 is 0 Å². The second-order valence-corrected chi connectivity index (χ2v) is 9.00. The fourth-order valence-electron chi connectivity index (χ4n) is 5.83. The third kappa shape index (κ3) is 3.13. The molecule has 1 N–H and O–H groups in total. The molecule has 2 aromatic rings. The number of aryl methyl sites for hydroxylation is 1. The van der Waals surface area contributed by atoms with Crippen molar-refractivity contribution in [2.75, 3.05) is 5.32 Å². The normalized spacial score (nSPS) is 28.0. The van der Waals surface area contributed by atoms with E-state index in [1.54, 1.807) is 0 Å². The molecule has 5 heteroatoms. The molecule has 154 valence electrons. The van der Waals surface area contributed by atoms with Crippen LogP contribution < -0.4 is 5.32 Å². The van der Waals surface area contributed by atoms with Gasteiger partial charge in [0, 0.05) is 12.1 Å². The Labute approximate surface area is 176 Å². The van der Waals surface area contributed by atoms with Crippen molar-refractivity contribution in [1.82, 2.24) is 4.90 Å². The van der Waals surface area contributed by atoms with Gasteiger partial charge in [-0.05, 0) is 61.3 Å². The number of nitrogens with zero attached hydrogens (tertiary/aromatic N) is 1. The van der Waals surface area contributed by atoms with Gasteiger partial charge in [-0.25, -0.2) is 0 Å². The minimum Gasteiger partial charge on any atom is -0.324 e. The summed E-state index contributed by atoms with van der Waals surface area (Å²) in [5.74, 6) is -0.423. The standard InChI is InChI=1S/C25H26N2O3/c1-15-6-5-9-19(12-15)26-23(28)20(13-16-7-3-2-4-8-16)27-24(29)21-17-10-11-18(14-17)22(21)25(27)30/h2-9,12,17-18,20-22H,10-11,13-14H2,1H3,(H,26,28)/t17-,18-,20-,21+,22+/m0/s1. The molecule has 1 saturated heterocycles. The Kier molecular flexibility index (Phi) is 4.69. The molecule has 3 fully saturated rings. The third-order valence-electron chi connectivity index (χ3n) is 7.13. The summed E-state index contributed by atoms with van der Waals surface area (Å²) < 4.78 is 0. The monoisotopic (exact) mass is 402 g/mol. The SMILES string of the molecule is Cc1cccc(NC(=O)[C@H](Cc2ccccc2)N2C(=O)[C@@H]3[C@H]4CC[C@@H](C4)[C@H]3C2=O)c1. The Balaban J connectivity index is 1.46. The second-order valence-electron chi connectivity index (χ2n) is 9.00. The molecule has 30 heavy (non-hydrogen) atoms. The van der Waals surface area contributed by atoms with Crippen LogP contribution in [0.25, 0.3) is 0 Å². The van der Waals surface area contributed by atoms with E-state index < -0.39 is 6.04 Å². The summed E-state index contributed by atoms with van der Waals surface area (Å²) in [7, 11) is 0. The molecule has 3 amide bonds. The van der Waals surface area contributed by atoms with Gasteiger partial charge in [0.15, 0.2) is 0 Å². The number of fused-ring (bicyclic) bond motifs is 5. The maximum Gasteiger partial charge on any atom is 0.248 e. The summed E-state index contributed by atoms with van der Waals surface area (Å²) in [6.07, 6.45) is 3.36. The van der Waals surface area contributed by atoms with Gasteiger partial charge in [-0.15, -0.1) is 0 Å². The minimum absolute atomic E-state index is 0.141. The van der Waals surface area contributed by atoms with Crippen LogP contribution in [0.5, 0.6) is 0 Å². The number of hydrogen-bond acceptors (Lipinski definition) is 3. The molecule has 5 atom stereocenters. The quantitative estimate of drug-likeness (QED) is 0.778. The topological polar surface area (TPSA) is 66.5 Å². The molecule has 2 bridgehead atoms. The van der Waals surface area contributed by atoms with Gasteiger partial charge in [0.1, 0.15) is 6.04 Å². The lowest BCUT2D eigenvalue weighted by atomic mass is 9.81. The van der Waals surface area contributed by atoms with E-state index in [4.69, 9.17) is 0 Å². The Morgan fingerprint density at radius 2 is 1.67 bits per heavy atom. The fourth-order valence-corrected chi connectivity index (χ4v) is 5.83. The molecule has 2 aromatic carbocycles. The number of carbonyl (C=O) groups excluding carboxylic acids is 3. The Morgan fingerprint density at radius 1 is 1.00 bits per heavy atom. The average Bonchev–Trinajstić information content (AvgIpc) is 3.41. The van der Waals surface area contributed by atoms with E-state index in [2.05, 4.69) is 5.32 Å². The van der Waals surface area contributed by atoms with Gasteiger partial charge >= 0.3 is 0 Å². The van der Waals surface area contributed by atoms with Crippen LogP contribution in [0.3, 0.4) is 0 Å². The fraction of sp³-hybridized carbons (Fsp3) is 0.400. The Hall–Kier alpha value is -2.95. The van der Waals surface area contributed by atoms with E-state index >= 15 is 0 Å². The van der Waals surface area contributed by atoms with Crippen molar-refractivity contribution >= 4 is 23.4 Å². The second kappa shape index (κ2) is 7.38. The zero-order chi connectivity index (χ0) is 20.8. The molecule has 0 aromatic heterocycles. The van der Waals surface area contributed by atoms with E-state index in [9.17, 15) is 14.4 Å². The van der Waals surface area contributed by atoms with Crippen molar-refractivity contribution in [3.05, 3.63) is 65.7 Å². The van der Waals surface area contributed by atoms with E-state index in [0.29, 0.717) is 23.9 Å². The van der Waals surface area contributed by atoms with E-state index in [0.717, 1.165) is 30.4 Å². The van der Waals surface area contributed by atoms with Crippen LogP contribution in [0.2, 0.25) is 0 Å². The van der Waals surface area contributed by atoms with Gasteiger partial charge in [-0.3, -0.25) is 19.3 Å². The predicted molar refractivity (Wildman–Crippen MR) is 113 cm³/mol. The van der Waals surface area contributed by atoms with Gasteiger partial charge in [0.2, 0.25) is 17.7 Å². The lowest BCUT2D eigenvalue weighted by Crippen LogP contribution is -2.49. The largest absolute Gasteiger partial charge is 0.324 e. The predicted octanol–water partition coefficient (Wildman–Crippen LogP) is 3.58. The highest BCUT2D eigenvalue weighted by Crippen LogP contribution is 2.56. The molecule has 5 rings (SSSR count). The third-order valence-corrected chi connectivity index (χ3v) is 7.13. The Morgan fingerprint density at radius 3 is 2.30 bits per heavy atom. The van der Waals surface area contributed by atoms with E-state index in [-0.39, 0.29) is 29.6 Å². The molecule has 0 unspecified atom stereocenters. The number of anilines is 1. The number of carbonyl (C=O) groups is 3. The number of rotatable bonds is 5. The molecular weight excluding hydrogens is 376 g/mol. The molecular formula is C25H26N2O3. The molecule has 3 aliphatic rings. The van der Waals surface area contributed by atoms with Crippen molar-refractivity contribution in [2.45, 2.75) is 38.6 Å². The highest BCUT2D eigenvalue weighted by Gasteiger charge is 2.62. The van der Waals surface area contributed by atoms with Gasteiger partial charge in [-0.1, -0.05) is 42.5 Å². The maximum atomic E-state index is 13.4. The van der Waals surface area contributed by atoms with E-state index in [1.807, 2.05) is 61.5 Å². The van der Waals surface area contributed by atoms with Gasteiger partial charge in [-0.2, -0.15) is 0 Å². The average molecular weight is 402 g/mol. The summed E-state index contributed by atoms with van der Waals surface area (Å²) in [4.78, 5) is 41.4. The smallest absolute Gasteiger partial charge is 0.248 e. The molecule has 2 aliphatic carbocycles. The molecule has 1 aliphatic heterocycles. The van der Waals surface area contributed by atoms with Crippen LogP contribution in [-0.4, -0.2) is 28.7 Å². The van der Waals surface area contributed by atoms with Crippen molar-refractivity contribution < 1.29 is 14.4 Å². The molecule has 5 nitrogen and oxygen atoms in total. The number of nitrogens with one attached hydrogen (secondary N) is 1. The van der Waals surface area contributed by atoms with Crippen LogP contribution in [0.1, 0.15) is 30.4 Å². The van der Waals surface area contributed by atoms with Crippen LogP contribution in [0.4, 0.5) is 5.69 Å².